The van der Waals surface area contributed by atoms with Crippen molar-refractivity contribution in [3.63, 3.8) is 0 Å². The third-order valence-electron chi connectivity index (χ3n) is 3.09. The Morgan fingerprint density at radius 2 is 1.45 bits per heavy atom. The first kappa shape index (κ1) is 18.9. The Morgan fingerprint density at radius 3 is 1.77 bits per heavy atom. The van der Waals surface area contributed by atoms with Crippen molar-refractivity contribution in [3.8, 4) is 0 Å². The summed E-state index contributed by atoms with van der Waals surface area (Å²) in [7, 11) is 0. The average Bonchev–Trinajstić information content (AvgIpc) is 2.31. The summed E-state index contributed by atoms with van der Waals surface area (Å²) in [4.78, 5) is 11.8. The molecule has 0 spiro atoms. The lowest BCUT2D eigenvalue weighted by Crippen LogP contribution is -2.57. The molecule has 1 rings (SSSR count). The fourth-order valence-corrected chi connectivity index (χ4v) is 2.31. The Labute approximate surface area is 131 Å². The number of halogens is 8. The highest BCUT2D eigenvalue weighted by molar-refractivity contribution is 6.39. The van der Waals surface area contributed by atoms with Crippen LogP contribution in [0.2, 0.25) is 10.0 Å². The quantitative estimate of drug-likeness (QED) is 0.706. The summed E-state index contributed by atoms with van der Waals surface area (Å²) in [6.45, 7) is 0.620. The molecule has 0 saturated carbocycles. The topological polar surface area (TPSA) is 29.1 Å². The molecular formula is C12H9Cl2F6NO. The van der Waals surface area contributed by atoms with Crippen LogP contribution in [-0.4, -0.2) is 18.3 Å². The first-order valence-electron chi connectivity index (χ1n) is 5.77. The van der Waals surface area contributed by atoms with Crippen LogP contribution < -0.4 is 5.32 Å². The smallest absolute Gasteiger partial charge is 0.322 e. The van der Waals surface area contributed by atoms with E-state index in [1.54, 1.807) is 5.32 Å². The zero-order valence-corrected chi connectivity index (χ0v) is 12.4. The monoisotopic (exact) mass is 367 g/mol. The molecule has 1 N–H and O–H groups in total. The van der Waals surface area contributed by atoms with Crippen molar-refractivity contribution < 1.29 is 31.1 Å². The van der Waals surface area contributed by atoms with Gasteiger partial charge in [0.1, 0.15) is 0 Å². The summed E-state index contributed by atoms with van der Waals surface area (Å²) in [6, 6.07) is 3.65. The van der Waals surface area contributed by atoms with Gasteiger partial charge in [-0.05, 0) is 18.6 Å². The predicted octanol–water partition coefficient (Wildman–Crippen LogP) is 5.45. The van der Waals surface area contributed by atoms with E-state index in [1.165, 1.54) is 6.07 Å². The first-order chi connectivity index (χ1) is 9.88. The average molecular weight is 368 g/mol. The Hall–Kier alpha value is -1.15. The first-order valence-corrected chi connectivity index (χ1v) is 6.53. The normalized spacial score (nSPS) is 13.1. The number of carbonyl (C=O) groups excluding carboxylic acids is 1. The maximum Gasteiger partial charge on any atom is 0.412 e. The highest BCUT2D eigenvalue weighted by Crippen LogP contribution is 2.53. The number of nitrogens with one attached hydrogen (secondary N) is 1. The number of rotatable bonds is 3. The van der Waals surface area contributed by atoms with E-state index < -0.39 is 35.8 Å². The molecule has 22 heavy (non-hydrogen) atoms. The minimum atomic E-state index is -5.84. The molecule has 1 aromatic carbocycles. The van der Waals surface area contributed by atoms with E-state index in [4.69, 9.17) is 23.2 Å². The maximum atomic E-state index is 13.0. The maximum absolute atomic E-state index is 13.0. The zero-order valence-electron chi connectivity index (χ0n) is 10.9. The molecule has 0 fully saturated rings. The molecule has 0 aliphatic carbocycles. The molecule has 0 heterocycles. The lowest BCUT2D eigenvalue weighted by atomic mass is 9.82. The van der Waals surface area contributed by atoms with Gasteiger partial charge in [-0.15, -0.1) is 0 Å². The Morgan fingerprint density at radius 1 is 1.05 bits per heavy atom. The number of anilines is 1. The number of alkyl halides is 6. The van der Waals surface area contributed by atoms with Gasteiger partial charge in [-0.2, -0.15) is 26.3 Å². The van der Waals surface area contributed by atoms with E-state index in [9.17, 15) is 31.1 Å². The molecule has 0 radical (unpaired) electrons. The fourth-order valence-electron chi connectivity index (χ4n) is 1.82. The summed E-state index contributed by atoms with van der Waals surface area (Å²) in [5.41, 5.74) is -5.06. The molecular weight excluding hydrogens is 359 g/mol. The van der Waals surface area contributed by atoms with Gasteiger partial charge < -0.3 is 5.32 Å². The second-order valence-corrected chi connectivity index (χ2v) is 5.12. The molecule has 0 saturated heterocycles. The van der Waals surface area contributed by atoms with Crippen molar-refractivity contribution in [1.29, 1.82) is 0 Å². The van der Waals surface area contributed by atoms with Gasteiger partial charge in [0.2, 0.25) is 11.3 Å². The van der Waals surface area contributed by atoms with Gasteiger partial charge in [-0.3, -0.25) is 4.79 Å². The summed E-state index contributed by atoms with van der Waals surface area (Å²) >= 11 is 11.3. The van der Waals surface area contributed by atoms with E-state index in [0.717, 1.165) is 12.1 Å². The van der Waals surface area contributed by atoms with Crippen LogP contribution in [0.15, 0.2) is 18.2 Å². The molecule has 0 unspecified atom stereocenters. The fraction of sp³-hybridized carbons (Fsp3) is 0.417. The minimum absolute atomic E-state index is 0.282. The van der Waals surface area contributed by atoms with Crippen molar-refractivity contribution in [2.45, 2.75) is 25.7 Å². The van der Waals surface area contributed by atoms with Crippen LogP contribution in [0.4, 0.5) is 32.0 Å². The van der Waals surface area contributed by atoms with Gasteiger partial charge in [-0.1, -0.05) is 36.2 Å². The molecule has 2 nitrogen and oxygen atoms in total. The van der Waals surface area contributed by atoms with Crippen LogP contribution in [0.3, 0.4) is 0 Å². The number of para-hydroxylation sites is 1. The van der Waals surface area contributed by atoms with E-state index in [1.807, 2.05) is 0 Å². The van der Waals surface area contributed by atoms with Gasteiger partial charge in [0.25, 0.3) is 0 Å². The number of benzene rings is 1. The van der Waals surface area contributed by atoms with Crippen LogP contribution in [0.25, 0.3) is 0 Å². The molecule has 1 amide bonds. The zero-order chi connectivity index (χ0) is 17.3. The second kappa shape index (κ2) is 6.16. The molecule has 0 aromatic heterocycles. The number of hydrogen-bond donors (Lipinski definition) is 1. The van der Waals surface area contributed by atoms with Gasteiger partial charge in [0.15, 0.2) is 0 Å². The molecule has 0 bridgehead atoms. The van der Waals surface area contributed by atoms with Gasteiger partial charge >= 0.3 is 12.4 Å². The van der Waals surface area contributed by atoms with Crippen molar-refractivity contribution in [2.75, 3.05) is 5.32 Å². The van der Waals surface area contributed by atoms with Crippen LogP contribution in [0, 0.1) is 5.41 Å². The molecule has 0 aliphatic rings. The second-order valence-electron chi connectivity index (χ2n) is 4.31. The summed E-state index contributed by atoms with van der Waals surface area (Å²) in [5, 5.41) is 0.976. The third-order valence-corrected chi connectivity index (χ3v) is 3.72. The van der Waals surface area contributed by atoms with E-state index in [0.29, 0.717) is 6.92 Å². The number of amides is 1. The van der Waals surface area contributed by atoms with Crippen LogP contribution in [-0.2, 0) is 4.79 Å². The predicted molar refractivity (Wildman–Crippen MR) is 69.9 cm³/mol. The minimum Gasteiger partial charge on any atom is -0.322 e. The van der Waals surface area contributed by atoms with Gasteiger partial charge in [-0.25, -0.2) is 0 Å². The summed E-state index contributed by atoms with van der Waals surface area (Å²) in [5.74, 6) is -2.29. The molecule has 0 atom stereocenters. The standard InChI is InChI=1S/C12H9Cl2F6NO/c1-2-10(11(15,16)17,12(18,19)20)9(22)21-8-6(13)4-3-5-7(8)14/h3-5H,2H2,1H3,(H,21,22). The Kier molecular flexibility index (Phi) is 5.29. The summed E-state index contributed by atoms with van der Waals surface area (Å²) in [6.07, 6.45) is -13.2. The Balaban J connectivity index is 3.37. The molecule has 1 aromatic rings. The largest absolute Gasteiger partial charge is 0.412 e. The van der Waals surface area contributed by atoms with Gasteiger partial charge in [0.05, 0.1) is 15.7 Å². The van der Waals surface area contributed by atoms with Crippen molar-refractivity contribution in [3.05, 3.63) is 28.2 Å². The van der Waals surface area contributed by atoms with E-state index in [2.05, 4.69) is 0 Å². The number of carbonyl (C=O) groups is 1. The molecule has 0 aliphatic heterocycles. The lowest BCUT2D eigenvalue weighted by molar-refractivity contribution is -0.324. The molecule has 124 valence electrons. The van der Waals surface area contributed by atoms with Crippen LogP contribution >= 0.6 is 23.2 Å². The van der Waals surface area contributed by atoms with Crippen LogP contribution in [0.1, 0.15) is 13.3 Å². The van der Waals surface area contributed by atoms with Crippen molar-refractivity contribution in [2.24, 2.45) is 5.41 Å². The summed E-state index contributed by atoms with van der Waals surface area (Å²) < 4.78 is 77.9. The van der Waals surface area contributed by atoms with Crippen molar-refractivity contribution >= 4 is 34.8 Å². The molecule has 10 heteroatoms. The van der Waals surface area contributed by atoms with E-state index in [-0.39, 0.29) is 10.0 Å². The Bertz CT molecular complexity index is 535. The highest BCUT2D eigenvalue weighted by Gasteiger charge is 2.74. The lowest BCUT2D eigenvalue weighted by Gasteiger charge is -2.35. The van der Waals surface area contributed by atoms with Crippen LogP contribution in [0.5, 0.6) is 0 Å². The van der Waals surface area contributed by atoms with E-state index >= 15 is 0 Å². The SMILES string of the molecule is CCC(C(=O)Nc1c(Cl)cccc1Cl)(C(F)(F)F)C(F)(F)F. The van der Waals surface area contributed by atoms with Gasteiger partial charge in [0, 0.05) is 0 Å². The number of hydrogen-bond acceptors (Lipinski definition) is 1. The van der Waals surface area contributed by atoms with Crippen molar-refractivity contribution in [1.82, 2.24) is 0 Å². The highest BCUT2D eigenvalue weighted by atomic mass is 35.5. The third kappa shape index (κ3) is 3.12.